The van der Waals surface area contributed by atoms with Gasteiger partial charge in [-0.15, -0.1) is 0 Å². The Balaban J connectivity index is 1.83. The van der Waals surface area contributed by atoms with E-state index in [-0.39, 0.29) is 18.9 Å². The Kier molecular flexibility index (Phi) is 22.4. The summed E-state index contributed by atoms with van der Waals surface area (Å²) in [5, 5.41) is 84.9. The van der Waals surface area contributed by atoms with Gasteiger partial charge in [0, 0.05) is 6.42 Å². The van der Waals surface area contributed by atoms with Crippen LogP contribution in [0.5, 0.6) is 0 Å². The molecule has 2 aliphatic heterocycles. The molecule has 2 saturated heterocycles. The van der Waals surface area contributed by atoms with Gasteiger partial charge in [0.2, 0.25) is 5.91 Å². The minimum absolute atomic E-state index is 0.150. The highest BCUT2D eigenvalue weighted by Gasteiger charge is 2.50. The fourth-order valence-electron chi connectivity index (χ4n) is 5.69. The van der Waals surface area contributed by atoms with Gasteiger partial charge in [0.25, 0.3) is 0 Å². The smallest absolute Gasteiger partial charge is 0.220 e. The van der Waals surface area contributed by atoms with E-state index in [1.54, 1.807) is 19.1 Å². The molecule has 0 aliphatic carbocycles. The number of aliphatic hydroxyl groups is 8. The van der Waals surface area contributed by atoms with Gasteiger partial charge in [-0.25, -0.2) is 0 Å². The number of allylic oxidation sites excluding steroid dienone is 5. The molecule has 9 N–H and O–H groups in total. The zero-order chi connectivity index (χ0) is 36.9. The van der Waals surface area contributed by atoms with Crippen molar-refractivity contribution in [3.8, 4) is 0 Å². The Morgan fingerprint density at radius 3 is 1.88 bits per heavy atom. The number of unbranched alkanes of at least 4 members (excludes halogenated alkanes) is 8. The van der Waals surface area contributed by atoms with E-state index in [0.29, 0.717) is 6.42 Å². The van der Waals surface area contributed by atoms with Gasteiger partial charge in [0.15, 0.2) is 12.6 Å². The molecule has 2 fully saturated rings. The van der Waals surface area contributed by atoms with Crippen molar-refractivity contribution in [2.75, 3.05) is 19.8 Å². The summed E-state index contributed by atoms with van der Waals surface area (Å²) >= 11 is 0. The summed E-state index contributed by atoms with van der Waals surface area (Å²) in [6, 6.07) is -0.930. The van der Waals surface area contributed by atoms with E-state index < -0.39 is 86.8 Å². The zero-order valence-electron chi connectivity index (χ0n) is 29.6. The Hall–Kier alpha value is -1.79. The van der Waals surface area contributed by atoms with Crippen LogP contribution in [0.4, 0.5) is 0 Å². The van der Waals surface area contributed by atoms with Crippen molar-refractivity contribution in [3.05, 3.63) is 36.5 Å². The first-order valence-corrected chi connectivity index (χ1v) is 18.2. The standard InChI is InChI=1S/C36H63NO13/c1-3-5-6-7-8-9-10-11-12-13-14-15-16-17-18-19-20-25(40)24(37-28(41)4-2)23-47-35-33(46)31(44)34(27(22-39)49-35)50-36-32(45)30(43)29(42)26(21-38)48-36/h11-12,15-16,19-20,24-27,29-36,38-40,42-46H,3-10,13-14,17-18,21-23H2,1-2H3,(H,37,41)/b12-11+,16-15+,20-19+. The molecule has 0 aromatic rings. The van der Waals surface area contributed by atoms with Gasteiger partial charge in [-0.3, -0.25) is 4.79 Å². The molecule has 2 heterocycles. The molecule has 290 valence electrons. The molecule has 0 aromatic heterocycles. The van der Waals surface area contributed by atoms with Gasteiger partial charge < -0.3 is 65.1 Å². The molecule has 14 heteroatoms. The fourth-order valence-corrected chi connectivity index (χ4v) is 5.69. The molecular weight excluding hydrogens is 654 g/mol. The van der Waals surface area contributed by atoms with Crippen molar-refractivity contribution in [1.82, 2.24) is 5.32 Å². The van der Waals surface area contributed by atoms with Crippen LogP contribution in [0.1, 0.15) is 90.9 Å². The predicted molar refractivity (Wildman–Crippen MR) is 184 cm³/mol. The lowest BCUT2D eigenvalue weighted by molar-refractivity contribution is -0.359. The average Bonchev–Trinajstić information content (AvgIpc) is 3.12. The number of amides is 1. The number of aliphatic hydroxyl groups excluding tert-OH is 8. The lowest BCUT2D eigenvalue weighted by Crippen LogP contribution is -2.65. The first kappa shape index (κ1) is 44.4. The second-order valence-electron chi connectivity index (χ2n) is 12.9. The third kappa shape index (κ3) is 15.1. The monoisotopic (exact) mass is 717 g/mol. The van der Waals surface area contributed by atoms with Crippen LogP contribution >= 0.6 is 0 Å². The quantitative estimate of drug-likeness (QED) is 0.0500. The molecule has 50 heavy (non-hydrogen) atoms. The van der Waals surface area contributed by atoms with E-state index in [0.717, 1.165) is 25.7 Å². The number of carbonyl (C=O) groups is 1. The normalized spacial score (nSPS) is 31.9. The van der Waals surface area contributed by atoms with Gasteiger partial charge in [-0.1, -0.05) is 82.4 Å². The molecule has 12 unspecified atom stereocenters. The van der Waals surface area contributed by atoms with Crippen molar-refractivity contribution in [1.29, 1.82) is 0 Å². The summed E-state index contributed by atoms with van der Waals surface area (Å²) in [4.78, 5) is 12.2. The Morgan fingerprint density at radius 2 is 1.26 bits per heavy atom. The van der Waals surface area contributed by atoms with E-state index in [4.69, 9.17) is 18.9 Å². The second kappa shape index (κ2) is 25.2. The van der Waals surface area contributed by atoms with E-state index >= 15 is 0 Å². The van der Waals surface area contributed by atoms with Crippen molar-refractivity contribution in [3.63, 3.8) is 0 Å². The van der Waals surface area contributed by atoms with E-state index in [9.17, 15) is 45.6 Å². The van der Waals surface area contributed by atoms with Gasteiger partial charge in [-0.2, -0.15) is 0 Å². The molecule has 0 aromatic carbocycles. The number of hydrogen-bond donors (Lipinski definition) is 9. The molecule has 0 saturated carbocycles. The second-order valence-corrected chi connectivity index (χ2v) is 12.9. The molecular formula is C36H63NO13. The van der Waals surface area contributed by atoms with E-state index in [2.05, 4.69) is 36.5 Å². The molecule has 2 aliphatic rings. The highest BCUT2D eigenvalue weighted by molar-refractivity contribution is 5.75. The van der Waals surface area contributed by atoms with Crippen LogP contribution in [0, 0.1) is 0 Å². The van der Waals surface area contributed by atoms with Crippen molar-refractivity contribution in [2.45, 2.75) is 164 Å². The molecule has 0 spiro atoms. The summed E-state index contributed by atoms with van der Waals surface area (Å²) in [7, 11) is 0. The first-order valence-electron chi connectivity index (χ1n) is 18.2. The first-order chi connectivity index (χ1) is 24.1. The summed E-state index contributed by atoms with van der Waals surface area (Å²) in [6.45, 7) is 2.12. The summed E-state index contributed by atoms with van der Waals surface area (Å²) in [6.07, 6.45) is 7.55. The van der Waals surface area contributed by atoms with Gasteiger partial charge in [-0.05, 0) is 38.5 Å². The lowest BCUT2D eigenvalue weighted by atomic mass is 9.97. The number of ether oxygens (including phenoxy) is 4. The van der Waals surface area contributed by atoms with Crippen molar-refractivity contribution in [2.24, 2.45) is 0 Å². The van der Waals surface area contributed by atoms with Crippen LogP contribution in [0.25, 0.3) is 0 Å². The highest BCUT2D eigenvalue weighted by atomic mass is 16.7. The third-order valence-corrected chi connectivity index (χ3v) is 8.87. The molecule has 0 bridgehead atoms. The number of carbonyl (C=O) groups excluding carboxylic acids is 1. The lowest BCUT2D eigenvalue weighted by Gasteiger charge is -2.46. The van der Waals surface area contributed by atoms with Crippen molar-refractivity contribution >= 4 is 5.91 Å². The highest BCUT2D eigenvalue weighted by Crippen LogP contribution is 2.29. The number of hydrogen-bond acceptors (Lipinski definition) is 13. The summed E-state index contributed by atoms with van der Waals surface area (Å²) in [5.41, 5.74) is 0. The SMILES string of the molecule is CCCCCCCC/C=C/CC/C=C/CC/C=C/C(O)C(COC1OC(CO)C(OC2OC(CO)C(O)C(O)C2O)C(O)C1O)NC(=O)CC. The minimum atomic E-state index is -1.79. The molecule has 1 amide bonds. The van der Waals surface area contributed by atoms with Gasteiger partial charge in [0.1, 0.15) is 48.8 Å². The zero-order valence-corrected chi connectivity index (χ0v) is 29.6. The fraction of sp³-hybridized carbons (Fsp3) is 0.806. The summed E-state index contributed by atoms with van der Waals surface area (Å²) in [5.74, 6) is -0.346. The van der Waals surface area contributed by atoms with E-state index in [1.807, 2.05) is 0 Å². The van der Waals surface area contributed by atoms with Crippen molar-refractivity contribution < 1.29 is 64.6 Å². The maximum atomic E-state index is 12.2. The van der Waals surface area contributed by atoms with Crippen LogP contribution < -0.4 is 5.32 Å². The molecule has 14 nitrogen and oxygen atoms in total. The van der Waals surface area contributed by atoms with Gasteiger partial charge >= 0.3 is 0 Å². The Bertz CT molecular complexity index is 993. The third-order valence-electron chi connectivity index (χ3n) is 8.87. The van der Waals surface area contributed by atoms with Crippen LogP contribution in [0.2, 0.25) is 0 Å². The number of rotatable bonds is 24. The maximum Gasteiger partial charge on any atom is 0.220 e. The van der Waals surface area contributed by atoms with Crippen LogP contribution in [-0.4, -0.2) is 140 Å². The average molecular weight is 718 g/mol. The van der Waals surface area contributed by atoms with Gasteiger partial charge in [0.05, 0.1) is 32.0 Å². The Labute approximate surface area is 296 Å². The molecule has 2 rings (SSSR count). The van der Waals surface area contributed by atoms with Crippen LogP contribution in [0.3, 0.4) is 0 Å². The predicted octanol–water partition coefficient (Wildman–Crippen LogP) is 0.862. The summed E-state index contributed by atoms with van der Waals surface area (Å²) < 4.78 is 22.2. The van der Waals surface area contributed by atoms with Crippen LogP contribution in [-0.2, 0) is 23.7 Å². The molecule has 0 radical (unpaired) electrons. The molecule has 12 atom stereocenters. The Morgan fingerprint density at radius 1 is 0.700 bits per heavy atom. The minimum Gasteiger partial charge on any atom is -0.394 e. The van der Waals surface area contributed by atoms with Crippen LogP contribution in [0.15, 0.2) is 36.5 Å². The van der Waals surface area contributed by atoms with E-state index in [1.165, 1.54) is 38.5 Å². The largest absolute Gasteiger partial charge is 0.394 e. The number of nitrogens with one attached hydrogen (secondary N) is 1. The topological polar surface area (TPSA) is 228 Å². The maximum absolute atomic E-state index is 12.2.